The van der Waals surface area contributed by atoms with E-state index >= 15 is 0 Å². The minimum atomic E-state index is -0.253. The van der Waals surface area contributed by atoms with Crippen molar-refractivity contribution in [1.82, 2.24) is 25.9 Å². The van der Waals surface area contributed by atoms with E-state index in [1.807, 2.05) is 39.0 Å². The van der Waals surface area contributed by atoms with Crippen molar-refractivity contribution in [3.63, 3.8) is 0 Å². The number of nitrogens with one attached hydrogen (secondary N) is 2. The Kier molecular flexibility index (Phi) is 3.89. The zero-order valence-corrected chi connectivity index (χ0v) is 11.3. The number of aromatic nitrogens is 4. The molecule has 0 bridgehead atoms. The van der Waals surface area contributed by atoms with Crippen LogP contribution < -0.4 is 5.32 Å². The highest BCUT2D eigenvalue weighted by molar-refractivity contribution is 5.79. The first-order valence-electron chi connectivity index (χ1n) is 6.15. The number of rotatable bonds is 4. The lowest BCUT2D eigenvalue weighted by Gasteiger charge is -2.11. The molecular formula is C13H17N5O. The van der Waals surface area contributed by atoms with E-state index in [0.29, 0.717) is 12.2 Å². The summed E-state index contributed by atoms with van der Waals surface area (Å²) in [4.78, 5) is 12.0. The number of H-pyrrole nitrogens is 1. The standard InChI is InChI=1S/C13H17N5O/c1-8-4-5-9(2)11(6-8)7-12(19)14-10(3)13-15-17-18-16-13/h4-6,10H,7H2,1-3H3,(H,14,19)(H,15,16,17,18). The van der Waals surface area contributed by atoms with Crippen molar-refractivity contribution in [2.75, 3.05) is 0 Å². The molecule has 1 atom stereocenters. The lowest BCUT2D eigenvalue weighted by molar-refractivity contribution is -0.121. The zero-order chi connectivity index (χ0) is 13.8. The monoisotopic (exact) mass is 259 g/mol. The average Bonchev–Trinajstić information content (AvgIpc) is 2.87. The van der Waals surface area contributed by atoms with Gasteiger partial charge in [-0.05, 0) is 31.9 Å². The number of amides is 1. The molecule has 0 aliphatic heterocycles. The zero-order valence-electron chi connectivity index (χ0n) is 11.3. The van der Waals surface area contributed by atoms with Gasteiger partial charge in [-0.3, -0.25) is 4.79 Å². The van der Waals surface area contributed by atoms with E-state index in [1.54, 1.807) is 0 Å². The predicted octanol–water partition coefficient (Wildman–Crippen LogP) is 1.24. The quantitative estimate of drug-likeness (QED) is 0.865. The van der Waals surface area contributed by atoms with Crippen LogP contribution in [0.15, 0.2) is 18.2 Å². The van der Waals surface area contributed by atoms with Crippen molar-refractivity contribution in [1.29, 1.82) is 0 Å². The van der Waals surface area contributed by atoms with E-state index in [4.69, 9.17) is 0 Å². The van der Waals surface area contributed by atoms with Crippen molar-refractivity contribution in [3.05, 3.63) is 40.7 Å². The molecule has 0 saturated heterocycles. The molecule has 6 nitrogen and oxygen atoms in total. The van der Waals surface area contributed by atoms with E-state index < -0.39 is 0 Å². The maximum absolute atomic E-state index is 12.0. The van der Waals surface area contributed by atoms with Crippen LogP contribution in [0.25, 0.3) is 0 Å². The Labute approximate surface area is 111 Å². The van der Waals surface area contributed by atoms with Crippen LogP contribution in [0.2, 0.25) is 0 Å². The second-order valence-corrected chi connectivity index (χ2v) is 4.67. The van der Waals surface area contributed by atoms with Crippen LogP contribution in [-0.4, -0.2) is 26.5 Å². The van der Waals surface area contributed by atoms with E-state index in [1.165, 1.54) is 0 Å². The summed E-state index contributed by atoms with van der Waals surface area (Å²) in [6, 6.07) is 5.85. The molecule has 1 heterocycles. The highest BCUT2D eigenvalue weighted by atomic mass is 16.1. The average molecular weight is 259 g/mol. The number of aromatic amines is 1. The van der Waals surface area contributed by atoms with Gasteiger partial charge in [-0.15, -0.1) is 10.2 Å². The summed E-state index contributed by atoms with van der Waals surface area (Å²) in [6.07, 6.45) is 0.357. The van der Waals surface area contributed by atoms with Crippen molar-refractivity contribution in [3.8, 4) is 0 Å². The fourth-order valence-corrected chi connectivity index (χ4v) is 1.87. The van der Waals surface area contributed by atoms with Crippen LogP contribution in [0, 0.1) is 13.8 Å². The van der Waals surface area contributed by atoms with Gasteiger partial charge in [-0.1, -0.05) is 29.0 Å². The van der Waals surface area contributed by atoms with Crippen LogP contribution in [0.4, 0.5) is 0 Å². The Morgan fingerprint density at radius 1 is 1.42 bits per heavy atom. The molecule has 1 aromatic heterocycles. The molecule has 1 aromatic carbocycles. The molecule has 0 saturated carbocycles. The lowest BCUT2D eigenvalue weighted by atomic mass is 10.0. The minimum absolute atomic E-state index is 0.0500. The first-order valence-corrected chi connectivity index (χ1v) is 6.15. The molecule has 2 N–H and O–H groups in total. The van der Waals surface area contributed by atoms with Gasteiger partial charge in [0.1, 0.15) is 0 Å². The summed E-state index contributed by atoms with van der Waals surface area (Å²) in [7, 11) is 0. The fraction of sp³-hybridized carbons (Fsp3) is 0.385. The van der Waals surface area contributed by atoms with Gasteiger partial charge in [0.25, 0.3) is 0 Å². The lowest BCUT2D eigenvalue weighted by Crippen LogP contribution is -2.29. The third kappa shape index (κ3) is 3.37. The SMILES string of the molecule is Cc1ccc(C)c(CC(=O)NC(C)c2nn[nH]n2)c1. The maximum atomic E-state index is 12.0. The molecule has 0 radical (unpaired) electrons. The predicted molar refractivity (Wildman–Crippen MR) is 70.4 cm³/mol. The second kappa shape index (κ2) is 5.60. The number of hydrogen-bond donors (Lipinski definition) is 2. The van der Waals surface area contributed by atoms with Crippen LogP contribution in [0.3, 0.4) is 0 Å². The van der Waals surface area contributed by atoms with Crippen molar-refractivity contribution < 1.29 is 4.79 Å². The number of benzene rings is 1. The number of hydrogen-bond acceptors (Lipinski definition) is 4. The summed E-state index contributed by atoms with van der Waals surface area (Å²) in [5.74, 6) is 0.431. The third-order valence-corrected chi connectivity index (χ3v) is 2.98. The van der Waals surface area contributed by atoms with Crippen LogP contribution in [0.1, 0.15) is 35.5 Å². The largest absolute Gasteiger partial charge is 0.346 e. The summed E-state index contributed by atoms with van der Waals surface area (Å²) in [5.41, 5.74) is 3.31. The molecule has 0 spiro atoms. The summed E-state index contributed by atoms with van der Waals surface area (Å²) < 4.78 is 0. The van der Waals surface area contributed by atoms with Gasteiger partial charge >= 0.3 is 0 Å². The van der Waals surface area contributed by atoms with Gasteiger partial charge in [0, 0.05) is 0 Å². The molecule has 19 heavy (non-hydrogen) atoms. The van der Waals surface area contributed by atoms with Gasteiger partial charge < -0.3 is 5.32 Å². The highest BCUT2D eigenvalue weighted by Crippen LogP contribution is 2.12. The third-order valence-electron chi connectivity index (χ3n) is 2.98. The van der Waals surface area contributed by atoms with E-state index in [2.05, 4.69) is 25.9 Å². The van der Waals surface area contributed by atoms with Gasteiger partial charge in [-0.2, -0.15) is 5.21 Å². The van der Waals surface area contributed by atoms with Crippen LogP contribution in [0.5, 0.6) is 0 Å². The minimum Gasteiger partial charge on any atom is -0.346 e. The normalized spacial score (nSPS) is 12.2. The van der Waals surface area contributed by atoms with Gasteiger partial charge in [0.15, 0.2) is 5.82 Å². The first-order chi connectivity index (χ1) is 9.06. The van der Waals surface area contributed by atoms with E-state index in [0.717, 1.165) is 16.7 Å². The summed E-state index contributed by atoms with van der Waals surface area (Å²) >= 11 is 0. The Morgan fingerprint density at radius 3 is 2.89 bits per heavy atom. The maximum Gasteiger partial charge on any atom is 0.225 e. The Morgan fingerprint density at radius 2 is 2.21 bits per heavy atom. The van der Waals surface area contributed by atoms with Gasteiger partial charge in [0.2, 0.25) is 5.91 Å². The smallest absolute Gasteiger partial charge is 0.225 e. The molecule has 0 fully saturated rings. The second-order valence-electron chi connectivity index (χ2n) is 4.67. The van der Waals surface area contributed by atoms with E-state index in [-0.39, 0.29) is 11.9 Å². The first kappa shape index (κ1) is 13.2. The molecule has 1 amide bonds. The van der Waals surface area contributed by atoms with Gasteiger partial charge in [-0.25, -0.2) is 0 Å². The number of carbonyl (C=O) groups excluding carboxylic acids is 1. The molecule has 6 heteroatoms. The molecule has 0 aliphatic rings. The Bertz CT molecular complexity index is 564. The number of nitrogens with zero attached hydrogens (tertiary/aromatic N) is 3. The van der Waals surface area contributed by atoms with Crippen molar-refractivity contribution in [2.45, 2.75) is 33.2 Å². The molecule has 2 rings (SSSR count). The van der Waals surface area contributed by atoms with E-state index in [9.17, 15) is 4.79 Å². The number of tetrazole rings is 1. The van der Waals surface area contributed by atoms with Crippen LogP contribution in [-0.2, 0) is 11.2 Å². The summed E-state index contributed by atoms with van der Waals surface area (Å²) in [5, 5.41) is 16.4. The Hall–Kier alpha value is -2.24. The van der Waals surface area contributed by atoms with Crippen molar-refractivity contribution in [2.24, 2.45) is 0 Å². The topological polar surface area (TPSA) is 83.6 Å². The van der Waals surface area contributed by atoms with Gasteiger partial charge in [0.05, 0.1) is 12.5 Å². The van der Waals surface area contributed by atoms with Crippen molar-refractivity contribution >= 4 is 5.91 Å². The molecular weight excluding hydrogens is 242 g/mol. The number of carbonyl (C=O) groups is 1. The molecule has 2 aromatic rings. The molecule has 0 aliphatic carbocycles. The summed E-state index contributed by atoms with van der Waals surface area (Å²) in [6.45, 7) is 5.85. The molecule has 1 unspecified atom stereocenters. The number of aryl methyl sites for hydroxylation is 2. The Balaban J connectivity index is 1.99. The van der Waals surface area contributed by atoms with Crippen LogP contribution >= 0.6 is 0 Å². The fourth-order valence-electron chi connectivity index (χ4n) is 1.87. The highest BCUT2D eigenvalue weighted by Gasteiger charge is 2.14. The molecule has 100 valence electrons.